The molecule has 0 bridgehead atoms. The van der Waals surface area contributed by atoms with E-state index >= 15 is 0 Å². The van der Waals surface area contributed by atoms with Crippen molar-refractivity contribution in [2.45, 2.75) is 57.5 Å². The number of hydrogen-bond donors (Lipinski definition) is 0. The Bertz CT molecular complexity index is 283. The van der Waals surface area contributed by atoms with Crippen LogP contribution in [0.15, 0.2) is 0 Å². The lowest BCUT2D eigenvalue weighted by Crippen LogP contribution is -2.38. The van der Waals surface area contributed by atoms with E-state index in [9.17, 15) is 4.79 Å². The lowest BCUT2D eigenvalue weighted by molar-refractivity contribution is -0.141. The lowest BCUT2D eigenvalue weighted by atomic mass is 9.89. The Kier molecular flexibility index (Phi) is 6.80. The van der Waals surface area contributed by atoms with E-state index in [1.165, 1.54) is 52.1 Å². The maximum atomic E-state index is 11.4. The highest BCUT2D eigenvalue weighted by Gasteiger charge is 2.23. The molecule has 0 spiro atoms. The van der Waals surface area contributed by atoms with Gasteiger partial charge in [-0.2, -0.15) is 0 Å². The van der Waals surface area contributed by atoms with Gasteiger partial charge in [0.2, 0.25) is 0 Å². The normalized spacial score (nSPS) is 24.2. The zero-order valence-electron chi connectivity index (χ0n) is 12.8. The Morgan fingerprint density at radius 1 is 1.15 bits per heavy atom. The molecular formula is C16H29NO3. The van der Waals surface area contributed by atoms with E-state index < -0.39 is 0 Å². The second kappa shape index (κ2) is 8.63. The average molecular weight is 283 g/mol. The summed E-state index contributed by atoms with van der Waals surface area (Å²) in [5.74, 6) is 0.703. The van der Waals surface area contributed by atoms with Crippen molar-refractivity contribution in [2.75, 3.05) is 33.4 Å². The number of carbonyl (C=O) groups excluding carboxylic acids is 1. The van der Waals surface area contributed by atoms with Crippen molar-refractivity contribution in [3.8, 4) is 0 Å². The van der Waals surface area contributed by atoms with E-state index in [4.69, 9.17) is 9.47 Å². The second-order valence-electron chi connectivity index (χ2n) is 6.22. The molecular weight excluding hydrogens is 254 g/mol. The summed E-state index contributed by atoms with van der Waals surface area (Å²) in [5, 5.41) is 0. The van der Waals surface area contributed by atoms with Crippen LogP contribution >= 0.6 is 0 Å². The van der Waals surface area contributed by atoms with Crippen molar-refractivity contribution in [1.82, 2.24) is 4.90 Å². The first-order chi connectivity index (χ1) is 9.78. The van der Waals surface area contributed by atoms with Crippen LogP contribution in [0.2, 0.25) is 0 Å². The molecule has 20 heavy (non-hydrogen) atoms. The van der Waals surface area contributed by atoms with Crippen LogP contribution in [-0.4, -0.2) is 50.3 Å². The molecule has 0 aromatic carbocycles. The van der Waals surface area contributed by atoms with Crippen molar-refractivity contribution >= 4 is 5.97 Å². The summed E-state index contributed by atoms with van der Waals surface area (Å²) >= 11 is 0. The van der Waals surface area contributed by atoms with Gasteiger partial charge in [0.25, 0.3) is 0 Å². The van der Waals surface area contributed by atoms with Crippen molar-refractivity contribution in [2.24, 2.45) is 5.92 Å². The SMILES string of the molecule is COC(=O)CCN(CC1CCCCC1)CC1CCCO1. The molecule has 2 rings (SSSR count). The second-order valence-corrected chi connectivity index (χ2v) is 6.22. The number of carbonyl (C=O) groups is 1. The third kappa shape index (κ3) is 5.41. The summed E-state index contributed by atoms with van der Waals surface area (Å²) in [4.78, 5) is 13.8. The molecule has 1 unspecified atom stereocenters. The smallest absolute Gasteiger partial charge is 0.306 e. The first-order valence-corrected chi connectivity index (χ1v) is 8.18. The highest BCUT2D eigenvalue weighted by atomic mass is 16.5. The molecule has 1 aliphatic heterocycles. The maximum Gasteiger partial charge on any atom is 0.306 e. The van der Waals surface area contributed by atoms with Gasteiger partial charge in [0.05, 0.1) is 19.6 Å². The van der Waals surface area contributed by atoms with Crippen molar-refractivity contribution in [1.29, 1.82) is 0 Å². The molecule has 0 amide bonds. The molecule has 1 heterocycles. The molecule has 0 aromatic rings. The molecule has 0 radical (unpaired) electrons. The number of nitrogens with zero attached hydrogens (tertiary/aromatic N) is 1. The number of methoxy groups -OCH3 is 1. The first-order valence-electron chi connectivity index (χ1n) is 8.18. The minimum absolute atomic E-state index is 0.106. The number of hydrogen-bond acceptors (Lipinski definition) is 4. The van der Waals surface area contributed by atoms with Crippen LogP contribution in [0.25, 0.3) is 0 Å². The van der Waals surface area contributed by atoms with E-state index in [1.54, 1.807) is 0 Å². The summed E-state index contributed by atoms with van der Waals surface area (Å²) < 4.78 is 10.5. The fourth-order valence-corrected chi connectivity index (χ4v) is 3.42. The minimum atomic E-state index is -0.106. The standard InChI is InChI=1S/C16H29NO3/c1-19-16(18)9-10-17(13-15-8-5-11-20-15)12-14-6-3-2-4-7-14/h14-15H,2-13H2,1H3. The molecule has 1 aliphatic carbocycles. The predicted molar refractivity (Wildman–Crippen MR) is 78.6 cm³/mol. The number of ether oxygens (including phenoxy) is 2. The zero-order chi connectivity index (χ0) is 14.2. The van der Waals surface area contributed by atoms with Gasteiger partial charge in [-0.15, -0.1) is 0 Å². The van der Waals surface area contributed by atoms with Crippen LogP contribution in [-0.2, 0) is 14.3 Å². The molecule has 1 atom stereocenters. The summed E-state index contributed by atoms with van der Waals surface area (Å²) in [6.07, 6.45) is 10.0. The minimum Gasteiger partial charge on any atom is -0.469 e. The number of rotatable bonds is 7. The van der Waals surface area contributed by atoms with Crippen LogP contribution in [0.5, 0.6) is 0 Å². The maximum absolute atomic E-state index is 11.4. The highest BCUT2D eigenvalue weighted by molar-refractivity contribution is 5.69. The van der Waals surface area contributed by atoms with Gasteiger partial charge in [0.1, 0.15) is 0 Å². The lowest BCUT2D eigenvalue weighted by Gasteiger charge is -2.31. The molecule has 2 fully saturated rings. The monoisotopic (exact) mass is 283 g/mol. The van der Waals surface area contributed by atoms with Gasteiger partial charge >= 0.3 is 5.97 Å². The summed E-state index contributed by atoms with van der Waals surface area (Å²) in [6.45, 7) is 3.81. The zero-order valence-corrected chi connectivity index (χ0v) is 12.8. The van der Waals surface area contributed by atoms with Gasteiger partial charge < -0.3 is 9.47 Å². The van der Waals surface area contributed by atoms with Crippen LogP contribution < -0.4 is 0 Å². The van der Waals surface area contributed by atoms with Crippen LogP contribution in [0.4, 0.5) is 0 Å². The average Bonchev–Trinajstić information content (AvgIpc) is 2.98. The molecule has 4 heteroatoms. The topological polar surface area (TPSA) is 38.8 Å². The Balaban J connectivity index is 1.79. The fourth-order valence-electron chi connectivity index (χ4n) is 3.42. The molecule has 116 valence electrons. The van der Waals surface area contributed by atoms with E-state index in [1.807, 2.05) is 0 Å². The quantitative estimate of drug-likeness (QED) is 0.673. The van der Waals surface area contributed by atoms with Gasteiger partial charge in [-0.1, -0.05) is 19.3 Å². The Hall–Kier alpha value is -0.610. The van der Waals surface area contributed by atoms with Crippen LogP contribution in [0, 0.1) is 5.92 Å². The molecule has 2 aliphatic rings. The molecule has 1 saturated heterocycles. The van der Waals surface area contributed by atoms with Gasteiger partial charge in [0.15, 0.2) is 0 Å². The fraction of sp³-hybridized carbons (Fsp3) is 0.938. The molecule has 1 saturated carbocycles. The highest BCUT2D eigenvalue weighted by Crippen LogP contribution is 2.25. The third-order valence-electron chi connectivity index (χ3n) is 4.59. The predicted octanol–water partition coefficient (Wildman–Crippen LogP) is 2.61. The van der Waals surface area contributed by atoms with Gasteiger partial charge in [-0.25, -0.2) is 0 Å². The summed E-state index contributed by atoms with van der Waals surface area (Å²) in [7, 11) is 1.47. The number of esters is 1. The van der Waals surface area contributed by atoms with E-state index in [2.05, 4.69) is 4.90 Å². The van der Waals surface area contributed by atoms with E-state index in [0.29, 0.717) is 12.5 Å². The summed E-state index contributed by atoms with van der Waals surface area (Å²) in [5.41, 5.74) is 0. The molecule has 0 N–H and O–H groups in total. The Morgan fingerprint density at radius 2 is 1.95 bits per heavy atom. The molecule has 0 aromatic heterocycles. The van der Waals surface area contributed by atoms with Crippen molar-refractivity contribution < 1.29 is 14.3 Å². The van der Waals surface area contributed by atoms with Crippen molar-refractivity contribution in [3.63, 3.8) is 0 Å². The summed E-state index contributed by atoms with van der Waals surface area (Å²) in [6, 6.07) is 0. The van der Waals surface area contributed by atoms with E-state index in [0.717, 1.165) is 32.2 Å². The third-order valence-corrected chi connectivity index (χ3v) is 4.59. The van der Waals surface area contributed by atoms with Gasteiger partial charge in [-0.3, -0.25) is 9.69 Å². The van der Waals surface area contributed by atoms with Crippen LogP contribution in [0.3, 0.4) is 0 Å². The van der Waals surface area contributed by atoms with Gasteiger partial charge in [-0.05, 0) is 31.6 Å². The molecule has 4 nitrogen and oxygen atoms in total. The largest absolute Gasteiger partial charge is 0.469 e. The Labute approximate surface area is 122 Å². The first kappa shape index (κ1) is 15.8. The Morgan fingerprint density at radius 3 is 2.60 bits per heavy atom. The van der Waals surface area contributed by atoms with Crippen LogP contribution in [0.1, 0.15) is 51.4 Å². The van der Waals surface area contributed by atoms with Gasteiger partial charge in [0, 0.05) is 26.2 Å². The van der Waals surface area contributed by atoms with Crippen molar-refractivity contribution in [3.05, 3.63) is 0 Å². The van der Waals surface area contributed by atoms with E-state index in [-0.39, 0.29) is 5.97 Å².